The van der Waals surface area contributed by atoms with Crippen molar-refractivity contribution >= 4 is 81.5 Å². The fourth-order valence-electron chi connectivity index (χ4n) is 8.32. The summed E-state index contributed by atoms with van der Waals surface area (Å²) in [6, 6.07) is 14.6. The number of aromatic nitrogens is 2. The molecule has 1 saturated heterocycles. The molecule has 0 bridgehead atoms. The molecule has 1 aliphatic carbocycles. The van der Waals surface area contributed by atoms with Crippen LogP contribution in [0, 0.1) is 11.2 Å². The number of piperidine rings is 1. The molecule has 22 heteroatoms. The molecule has 372 valence electrons. The maximum atomic E-state index is 14.6. The average molecular weight is 1020 g/mol. The van der Waals surface area contributed by atoms with Crippen LogP contribution in [0.25, 0.3) is 0 Å². The van der Waals surface area contributed by atoms with Crippen molar-refractivity contribution in [1.82, 2.24) is 30.8 Å². The summed E-state index contributed by atoms with van der Waals surface area (Å²) in [6.07, 6.45) is 4.39. The highest BCUT2D eigenvalue weighted by Crippen LogP contribution is 2.41. The molecule has 0 spiro atoms. The van der Waals surface area contributed by atoms with Crippen molar-refractivity contribution in [2.75, 3.05) is 83.1 Å². The minimum Gasteiger partial charge on any atom is -0.487 e. The predicted octanol–water partition coefficient (Wildman–Crippen LogP) is 5.22. The maximum absolute atomic E-state index is 14.6. The number of halogens is 3. The first-order valence-corrected chi connectivity index (χ1v) is 23.9. The molecule has 7 rings (SSSR count). The van der Waals surface area contributed by atoms with Gasteiger partial charge in [0.05, 0.1) is 62.8 Å². The standard InChI is InChI=1S/C47H56ClFN8O10S.ClH/c48-35-6-3-8-38(42(35)49)67-32-12-14-47(15-13-32,28-31-4-1-9-39(53-31)55-46-52-19-27-68-46)45(62)51-18-22-64-24-26-65-25-23-63-20-16-50-17-21-66-30-41(59)54-36-7-2-5-33-34(36)29-57(44(33)61)37-10-11-40(58)56-43(37)60;/h1-9,19,27,32,37,50H,10-18,20-26,28-30H2,(H,51,62)(H,54,59)(H,52,53,55)(H,56,58,60);1H. The Kier molecular flexibility index (Phi) is 20.4. The molecular weight excluding hydrogens is 959 g/mol. The van der Waals surface area contributed by atoms with Crippen LogP contribution in [0.4, 0.5) is 21.0 Å². The van der Waals surface area contributed by atoms with E-state index in [4.69, 9.17) is 40.3 Å². The summed E-state index contributed by atoms with van der Waals surface area (Å²) in [5, 5.41) is 17.2. The SMILES string of the molecule is Cl.O=C1CCC(N2Cc3c(NC(=O)COCCNCCOCCOCCOCCNC(=O)C4(Cc5cccc(Nc6nccs6)n5)CCC(Oc5cccc(Cl)c5F)CC4)cccc3C2=O)C(=O)N1. The zero-order valence-electron chi connectivity index (χ0n) is 37.9. The van der Waals surface area contributed by atoms with Gasteiger partial charge >= 0.3 is 0 Å². The number of rotatable bonds is 26. The molecule has 2 fully saturated rings. The predicted molar refractivity (Wildman–Crippen MR) is 258 cm³/mol. The molecule has 1 unspecified atom stereocenters. The summed E-state index contributed by atoms with van der Waals surface area (Å²) < 4.78 is 43.1. The number of hydrogen-bond donors (Lipinski definition) is 5. The highest BCUT2D eigenvalue weighted by atomic mass is 35.5. The lowest BCUT2D eigenvalue weighted by molar-refractivity contribution is -0.137. The van der Waals surface area contributed by atoms with Gasteiger partial charge in [0.1, 0.15) is 18.5 Å². The van der Waals surface area contributed by atoms with Gasteiger partial charge in [-0.05, 0) is 68.5 Å². The molecule has 4 heterocycles. The second-order valence-corrected chi connectivity index (χ2v) is 17.8. The molecule has 1 atom stereocenters. The molecule has 2 aromatic heterocycles. The molecular formula is C47H57Cl2FN8O10S. The molecule has 5 amide bonds. The molecule has 69 heavy (non-hydrogen) atoms. The number of anilines is 3. The number of fused-ring (bicyclic) bond motifs is 1. The molecule has 18 nitrogen and oxygen atoms in total. The lowest BCUT2D eigenvalue weighted by Gasteiger charge is -2.39. The second-order valence-electron chi connectivity index (χ2n) is 16.5. The Morgan fingerprint density at radius 2 is 1.59 bits per heavy atom. The van der Waals surface area contributed by atoms with E-state index in [0.717, 1.165) is 10.8 Å². The van der Waals surface area contributed by atoms with Crippen LogP contribution in [0.1, 0.15) is 60.1 Å². The zero-order valence-corrected chi connectivity index (χ0v) is 40.3. The number of benzene rings is 2. The molecule has 2 aromatic carbocycles. The summed E-state index contributed by atoms with van der Waals surface area (Å²) in [5.41, 5.74) is 1.51. The molecule has 5 N–H and O–H groups in total. The van der Waals surface area contributed by atoms with E-state index in [1.807, 2.05) is 23.6 Å². The number of thiazole rings is 1. The normalized spacial score (nSPS) is 18.8. The number of amides is 5. The van der Waals surface area contributed by atoms with Gasteiger partial charge in [-0.25, -0.2) is 14.4 Å². The summed E-state index contributed by atoms with van der Waals surface area (Å²) >= 11 is 7.44. The maximum Gasteiger partial charge on any atom is 0.255 e. The van der Waals surface area contributed by atoms with Gasteiger partial charge in [0.15, 0.2) is 16.7 Å². The fourth-order valence-corrected chi connectivity index (χ4v) is 9.02. The molecule has 3 aliphatic rings. The van der Waals surface area contributed by atoms with Gasteiger partial charge in [-0.15, -0.1) is 23.7 Å². The summed E-state index contributed by atoms with van der Waals surface area (Å²) in [7, 11) is 0. The fraction of sp³-hybridized carbons (Fsp3) is 0.468. The summed E-state index contributed by atoms with van der Waals surface area (Å²) in [6.45, 7) is 3.90. The molecule has 2 aliphatic heterocycles. The van der Waals surface area contributed by atoms with Crippen LogP contribution in [0.15, 0.2) is 66.2 Å². The topological polar surface area (TPSA) is 221 Å². The van der Waals surface area contributed by atoms with Crippen LogP contribution in [-0.4, -0.2) is 129 Å². The first-order chi connectivity index (χ1) is 33.1. The number of carbonyl (C=O) groups is 5. The van der Waals surface area contributed by atoms with Gasteiger partial charge in [-0.3, -0.25) is 29.3 Å². The van der Waals surface area contributed by atoms with Crippen molar-refractivity contribution < 1.29 is 52.0 Å². The Morgan fingerprint density at radius 3 is 2.33 bits per heavy atom. The van der Waals surface area contributed by atoms with Gasteiger partial charge in [0.25, 0.3) is 5.91 Å². The Labute approximate surface area is 414 Å². The van der Waals surface area contributed by atoms with Crippen molar-refractivity contribution in [3.05, 3.63) is 93.8 Å². The van der Waals surface area contributed by atoms with E-state index in [0.29, 0.717) is 121 Å². The second kappa shape index (κ2) is 26.6. The Bertz CT molecular complexity index is 2360. The van der Waals surface area contributed by atoms with Gasteiger partial charge in [0.2, 0.25) is 23.6 Å². The molecule has 0 radical (unpaired) electrons. The van der Waals surface area contributed by atoms with Crippen molar-refractivity contribution in [2.45, 2.75) is 63.6 Å². The van der Waals surface area contributed by atoms with Crippen molar-refractivity contribution in [2.24, 2.45) is 5.41 Å². The van der Waals surface area contributed by atoms with E-state index in [1.165, 1.54) is 22.3 Å². The van der Waals surface area contributed by atoms with E-state index in [2.05, 4.69) is 31.6 Å². The van der Waals surface area contributed by atoms with Gasteiger partial charge in [0, 0.05) is 73.1 Å². The van der Waals surface area contributed by atoms with Gasteiger partial charge < -0.3 is 49.9 Å². The average Bonchev–Trinajstić information content (AvgIpc) is 3.97. The van der Waals surface area contributed by atoms with Gasteiger partial charge in [-0.2, -0.15) is 0 Å². The van der Waals surface area contributed by atoms with Crippen LogP contribution in [-0.2, 0) is 51.1 Å². The zero-order chi connectivity index (χ0) is 47.7. The highest BCUT2D eigenvalue weighted by Gasteiger charge is 2.43. The lowest BCUT2D eigenvalue weighted by atomic mass is 9.69. The number of nitrogens with one attached hydrogen (secondary N) is 5. The lowest BCUT2D eigenvalue weighted by Crippen LogP contribution is -2.52. The first kappa shape index (κ1) is 53.0. The summed E-state index contributed by atoms with van der Waals surface area (Å²) in [4.78, 5) is 74.0. The summed E-state index contributed by atoms with van der Waals surface area (Å²) in [5.74, 6) is -1.49. The Hall–Kier alpha value is -5.32. The smallest absolute Gasteiger partial charge is 0.255 e. The number of nitrogens with zero attached hydrogens (tertiary/aromatic N) is 3. The van der Waals surface area contributed by atoms with E-state index in [-0.39, 0.29) is 78.9 Å². The minimum atomic E-state index is -0.756. The third-order valence-corrected chi connectivity index (χ3v) is 12.8. The molecule has 1 saturated carbocycles. The van der Waals surface area contributed by atoms with E-state index in [9.17, 15) is 28.4 Å². The molecule has 4 aromatic rings. The van der Waals surface area contributed by atoms with Crippen molar-refractivity contribution in [3.8, 4) is 5.75 Å². The van der Waals surface area contributed by atoms with Crippen LogP contribution in [0.3, 0.4) is 0 Å². The third-order valence-electron chi connectivity index (χ3n) is 11.8. The number of carbonyl (C=O) groups excluding carboxylic acids is 5. The Morgan fingerprint density at radius 1 is 0.884 bits per heavy atom. The van der Waals surface area contributed by atoms with E-state index >= 15 is 0 Å². The third kappa shape index (κ3) is 15.1. The van der Waals surface area contributed by atoms with E-state index < -0.39 is 23.2 Å². The van der Waals surface area contributed by atoms with Crippen LogP contribution in [0.5, 0.6) is 5.75 Å². The van der Waals surface area contributed by atoms with Crippen LogP contribution in [0.2, 0.25) is 5.02 Å². The highest BCUT2D eigenvalue weighted by molar-refractivity contribution is 7.13. The van der Waals surface area contributed by atoms with Crippen LogP contribution >= 0.6 is 35.3 Å². The van der Waals surface area contributed by atoms with E-state index in [1.54, 1.807) is 36.5 Å². The number of imide groups is 1. The largest absolute Gasteiger partial charge is 0.487 e. The number of pyridine rings is 1. The van der Waals surface area contributed by atoms with Crippen LogP contribution < -0.4 is 31.3 Å². The monoisotopic (exact) mass is 1010 g/mol. The number of hydrogen-bond acceptors (Lipinski definition) is 15. The minimum absolute atomic E-state index is 0. The van der Waals surface area contributed by atoms with Crippen molar-refractivity contribution in [3.63, 3.8) is 0 Å². The Balaban J connectivity index is 0.00000782. The number of ether oxygens (including phenoxy) is 5. The quantitative estimate of drug-likeness (QED) is 0.0403. The first-order valence-electron chi connectivity index (χ1n) is 22.7. The van der Waals surface area contributed by atoms with Crippen molar-refractivity contribution in [1.29, 1.82) is 0 Å². The van der Waals surface area contributed by atoms with Gasteiger partial charge in [-0.1, -0.05) is 29.8 Å².